The van der Waals surface area contributed by atoms with Gasteiger partial charge in [-0.15, -0.1) is 0 Å². The lowest BCUT2D eigenvalue weighted by Crippen LogP contribution is -2.30. The van der Waals surface area contributed by atoms with Gasteiger partial charge >= 0.3 is 5.97 Å². The highest BCUT2D eigenvalue weighted by molar-refractivity contribution is 5.75. The number of halogens is 1. The first kappa shape index (κ1) is 11.1. The normalized spacial score (nSPS) is 18.6. The van der Waals surface area contributed by atoms with Crippen LogP contribution in [-0.4, -0.2) is 11.1 Å². The summed E-state index contributed by atoms with van der Waals surface area (Å²) in [5, 5.41) is 9.29. The molecule has 1 aliphatic rings. The molecule has 1 aliphatic carbocycles. The Kier molecular flexibility index (Phi) is 2.95. The Morgan fingerprint density at radius 3 is 2.50 bits per heavy atom. The van der Waals surface area contributed by atoms with Crippen molar-refractivity contribution < 1.29 is 14.3 Å². The van der Waals surface area contributed by atoms with Crippen molar-refractivity contribution in [1.29, 1.82) is 0 Å². The first-order valence-corrected chi connectivity index (χ1v) is 5.61. The predicted octanol–water partition coefficient (Wildman–Crippen LogP) is 3.01. The summed E-state index contributed by atoms with van der Waals surface area (Å²) in [4.78, 5) is 11.3. The topological polar surface area (TPSA) is 37.3 Å². The van der Waals surface area contributed by atoms with Crippen LogP contribution in [0.25, 0.3) is 0 Å². The average Bonchev–Trinajstić information content (AvgIpc) is 2.71. The predicted molar refractivity (Wildman–Crippen MR) is 58.6 cm³/mol. The molecule has 0 saturated heterocycles. The number of aliphatic carboxylic acids is 1. The Labute approximate surface area is 94.1 Å². The van der Waals surface area contributed by atoms with Gasteiger partial charge in [-0.2, -0.15) is 0 Å². The zero-order chi connectivity index (χ0) is 11.6. The van der Waals surface area contributed by atoms with Crippen molar-refractivity contribution in [3.63, 3.8) is 0 Å². The fraction of sp³-hybridized carbons (Fsp3) is 0.462. The summed E-state index contributed by atoms with van der Waals surface area (Å²) in [6, 6.07) is 6.45. The van der Waals surface area contributed by atoms with Gasteiger partial charge in [-0.25, -0.2) is 4.39 Å². The van der Waals surface area contributed by atoms with Crippen LogP contribution in [0.4, 0.5) is 4.39 Å². The average molecular weight is 222 g/mol. The van der Waals surface area contributed by atoms with E-state index in [0.717, 1.165) is 12.8 Å². The minimum atomic E-state index is -0.784. The van der Waals surface area contributed by atoms with Gasteiger partial charge < -0.3 is 5.11 Å². The molecule has 0 unspecified atom stereocenters. The van der Waals surface area contributed by atoms with E-state index in [-0.39, 0.29) is 5.82 Å². The molecule has 16 heavy (non-hydrogen) atoms. The SMILES string of the molecule is O=C(O)C1(Cc2ccccc2F)CCCC1. The summed E-state index contributed by atoms with van der Waals surface area (Å²) in [5.41, 5.74) is -0.214. The minimum Gasteiger partial charge on any atom is -0.481 e. The highest BCUT2D eigenvalue weighted by atomic mass is 19.1. The van der Waals surface area contributed by atoms with Crippen LogP contribution in [0.3, 0.4) is 0 Å². The summed E-state index contributed by atoms with van der Waals surface area (Å²) in [7, 11) is 0. The van der Waals surface area contributed by atoms with Crippen LogP contribution in [0.5, 0.6) is 0 Å². The fourth-order valence-corrected chi connectivity index (χ4v) is 2.52. The van der Waals surface area contributed by atoms with Crippen LogP contribution in [0.15, 0.2) is 24.3 Å². The zero-order valence-electron chi connectivity index (χ0n) is 9.08. The Balaban J connectivity index is 2.25. The Morgan fingerprint density at radius 2 is 1.94 bits per heavy atom. The van der Waals surface area contributed by atoms with Gasteiger partial charge in [0.1, 0.15) is 5.82 Å². The fourth-order valence-electron chi connectivity index (χ4n) is 2.52. The van der Waals surface area contributed by atoms with Gasteiger partial charge in [0.15, 0.2) is 0 Å². The van der Waals surface area contributed by atoms with Gasteiger partial charge in [0.2, 0.25) is 0 Å². The number of carboxylic acids is 1. The highest BCUT2D eigenvalue weighted by Gasteiger charge is 2.41. The Bertz CT molecular complexity index is 395. The van der Waals surface area contributed by atoms with Gasteiger partial charge in [0.25, 0.3) is 0 Å². The maximum Gasteiger partial charge on any atom is 0.309 e. The van der Waals surface area contributed by atoms with Gasteiger partial charge in [-0.1, -0.05) is 31.0 Å². The lowest BCUT2D eigenvalue weighted by molar-refractivity contribution is -0.148. The molecule has 86 valence electrons. The summed E-state index contributed by atoms with van der Waals surface area (Å²) in [6.45, 7) is 0. The molecular formula is C13H15FO2. The van der Waals surface area contributed by atoms with Crippen molar-refractivity contribution in [1.82, 2.24) is 0 Å². The molecule has 2 nitrogen and oxygen atoms in total. The van der Waals surface area contributed by atoms with Crippen LogP contribution in [0.1, 0.15) is 31.2 Å². The van der Waals surface area contributed by atoms with Crippen LogP contribution in [0.2, 0.25) is 0 Å². The molecule has 0 radical (unpaired) electrons. The second-order valence-corrected chi connectivity index (χ2v) is 4.56. The second kappa shape index (κ2) is 4.24. The van der Waals surface area contributed by atoms with E-state index >= 15 is 0 Å². The van der Waals surface area contributed by atoms with Crippen molar-refractivity contribution in [3.8, 4) is 0 Å². The molecule has 1 aromatic rings. The monoisotopic (exact) mass is 222 g/mol. The van der Waals surface area contributed by atoms with Gasteiger partial charge in [-0.05, 0) is 30.9 Å². The smallest absolute Gasteiger partial charge is 0.309 e. The molecule has 0 aliphatic heterocycles. The molecule has 1 N–H and O–H groups in total. The summed E-state index contributed by atoms with van der Waals surface area (Å²) >= 11 is 0. The van der Waals surface area contributed by atoms with Crippen LogP contribution >= 0.6 is 0 Å². The van der Waals surface area contributed by atoms with E-state index in [2.05, 4.69) is 0 Å². The second-order valence-electron chi connectivity index (χ2n) is 4.56. The molecule has 1 aromatic carbocycles. The van der Waals surface area contributed by atoms with Crippen LogP contribution < -0.4 is 0 Å². The van der Waals surface area contributed by atoms with E-state index < -0.39 is 11.4 Å². The minimum absolute atomic E-state index is 0.296. The van der Waals surface area contributed by atoms with Crippen molar-refractivity contribution >= 4 is 5.97 Å². The molecule has 0 amide bonds. The van der Waals surface area contributed by atoms with Crippen LogP contribution in [-0.2, 0) is 11.2 Å². The molecule has 1 saturated carbocycles. The summed E-state index contributed by atoms with van der Waals surface area (Å²) in [5.74, 6) is -1.08. The molecule has 1 fully saturated rings. The third-order valence-electron chi connectivity index (χ3n) is 3.50. The quantitative estimate of drug-likeness (QED) is 0.853. The van der Waals surface area contributed by atoms with E-state index in [1.165, 1.54) is 6.07 Å². The number of carboxylic acid groups (broad SMARTS) is 1. The number of hydrogen-bond acceptors (Lipinski definition) is 1. The lowest BCUT2D eigenvalue weighted by atomic mass is 9.80. The van der Waals surface area contributed by atoms with Crippen molar-refractivity contribution in [3.05, 3.63) is 35.6 Å². The standard InChI is InChI=1S/C13H15FO2/c14-11-6-2-1-5-10(11)9-13(12(15)16)7-3-4-8-13/h1-2,5-6H,3-4,7-9H2,(H,15,16). The lowest BCUT2D eigenvalue weighted by Gasteiger charge is -2.23. The van der Waals surface area contributed by atoms with E-state index in [9.17, 15) is 14.3 Å². The van der Waals surface area contributed by atoms with E-state index in [1.54, 1.807) is 18.2 Å². The van der Waals surface area contributed by atoms with Crippen molar-refractivity contribution in [2.75, 3.05) is 0 Å². The maximum atomic E-state index is 13.5. The Hall–Kier alpha value is -1.38. The van der Waals surface area contributed by atoms with E-state index in [4.69, 9.17) is 0 Å². The van der Waals surface area contributed by atoms with Crippen LogP contribution in [0, 0.1) is 11.2 Å². The summed E-state index contributed by atoms with van der Waals surface area (Å²) in [6.07, 6.45) is 3.50. The van der Waals surface area contributed by atoms with Gasteiger partial charge in [0, 0.05) is 0 Å². The molecule has 0 aromatic heterocycles. The molecule has 3 heteroatoms. The van der Waals surface area contributed by atoms with Crippen molar-refractivity contribution in [2.24, 2.45) is 5.41 Å². The highest BCUT2D eigenvalue weighted by Crippen LogP contribution is 2.41. The summed E-state index contributed by atoms with van der Waals surface area (Å²) < 4.78 is 13.5. The number of carbonyl (C=O) groups is 1. The van der Waals surface area contributed by atoms with Gasteiger partial charge in [-0.3, -0.25) is 4.79 Å². The number of benzene rings is 1. The molecule has 0 spiro atoms. The molecular weight excluding hydrogens is 207 g/mol. The van der Waals surface area contributed by atoms with Crippen molar-refractivity contribution in [2.45, 2.75) is 32.1 Å². The van der Waals surface area contributed by atoms with E-state index in [0.29, 0.717) is 24.8 Å². The van der Waals surface area contributed by atoms with Gasteiger partial charge in [0.05, 0.1) is 5.41 Å². The molecule has 0 atom stereocenters. The Morgan fingerprint density at radius 1 is 1.31 bits per heavy atom. The van der Waals surface area contributed by atoms with E-state index in [1.807, 2.05) is 0 Å². The third kappa shape index (κ3) is 1.94. The largest absolute Gasteiger partial charge is 0.481 e. The molecule has 0 bridgehead atoms. The zero-order valence-corrected chi connectivity index (χ0v) is 9.08. The third-order valence-corrected chi connectivity index (χ3v) is 3.50. The first-order valence-electron chi connectivity index (χ1n) is 5.61. The first-order chi connectivity index (χ1) is 7.64. The molecule has 0 heterocycles. The maximum absolute atomic E-state index is 13.5. The number of rotatable bonds is 3. The number of hydrogen-bond donors (Lipinski definition) is 1. The molecule has 2 rings (SSSR count).